The van der Waals surface area contributed by atoms with Crippen LogP contribution in [0, 0.1) is 17.8 Å². The van der Waals surface area contributed by atoms with Gasteiger partial charge in [0.1, 0.15) is 5.82 Å². The monoisotopic (exact) mass is 274 g/mol. The maximum Gasteiger partial charge on any atom is 0.343 e. The van der Waals surface area contributed by atoms with Crippen molar-refractivity contribution < 1.29 is 4.79 Å². The van der Waals surface area contributed by atoms with Crippen LogP contribution in [0.1, 0.15) is 44.1 Å². The highest BCUT2D eigenvalue weighted by Crippen LogP contribution is 2.61. The molecule has 0 aromatic carbocycles. The Hall–Kier alpha value is -1.52. The third-order valence-corrected chi connectivity index (χ3v) is 5.82. The first-order chi connectivity index (χ1) is 9.61. The molecule has 1 amide bonds. The highest BCUT2D eigenvalue weighted by molar-refractivity contribution is 5.79. The molecule has 4 bridgehead atoms. The fourth-order valence-corrected chi connectivity index (χ4v) is 5.47. The third-order valence-electron chi connectivity index (χ3n) is 5.82. The number of hydrogen-bond donors (Lipinski definition) is 2. The quantitative estimate of drug-likeness (QED) is 0.824. The Bertz CT molecular complexity index is 527. The Kier molecular flexibility index (Phi) is 2.44. The third kappa shape index (κ3) is 1.55. The van der Waals surface area contributed by atoms with Crippen molar-refractivity contribution in [1.29, 1.82) is 0 Å². The molecule has 4 aliphatic carbocycles. The van der Waals surface area contributed by atoms with Gasteiger partial charge in [-0.15, -0.1) is 0 Å². The van der Waals surface area contributed by atoms with Crippen LogP contribution in [-0.4, -0.2) is 22.9 Å². The summed E-state index contributed by atoms with van der Waals surface area (Å²) < 4.78 is 1.31. The van der Waals surface area contributed by atoms with E-state index < -0.39 is 0 Å². The van der Waals surface area contributed by atoms with Crippen LogP contribution in [0.2, 0.25) is 0 Å². The van der Waals surface area contributed by atoms with Crippen LogP contribution in [0.15, 0.2) is 6.20 Å². The second-order valence-corrected chi connectivity index (χ2v) is 7.11. The van der Waals surface area contributed by atoms with Crippen LogP contribution in [0.3, 0.4) is 0 Å². The van der Waals surface area contributed by atoms with Crippen molar-refractivity contribution in [2.75, 3.05) is 12.8 Å². The van der Waals surface area contributed by atoms with Crippen LogP contribution in [0.25, 0.3) is 0 Å². The number of anilines is 1. The molecule has 5 rings (SSSR count). The van der Waals surface area contributed by atoms with E-state index in [1.807, 2.05) is 6.20 Å². The molecule has 4 saturated carbocycles. The molecule has 4 fully saturated rings. The van der Waals surface area contributed by atoms with Gasteiger partial charge in [0.15, 0.2) is 0 Å². The summed E-state index contributed by atoms with van der Waals surface area (Å²) in [5.74, 6) is 3.14. The van der Waals surface area contributed by atoms with Gasteiger partial charge in [0, 0.05) is 18.0 Å². The summed E-state index contributed by atoms with van der Waals surface area (Å²) in [6, 6.07) is -0.251. The van der Waals surface area contributed by atoms with E-state index in [-0.39, 0.29) is 11.4 Å². The van der Waals surface area contributed by atoms with Gasteiger partial charge in [-0.25, -0.2) is 4.79 Å². The van der Waals surface area contributed by atoms with Crippen LogP contribution in [0.5, 0.6) is 0 Å². The van der Waals surface area contributed by atoms with E-state index in [4.69, 9.17) is 5.73 Å². The largest absolute Gasteiger partial charge is 0.383 e. The molecule has 5 nitrogen and oxygen atoms in total. The van der Waals surface area contributed by atoms with Crippen molar-refractivity contribution in [3.63, 3.8) is 0 Å². The van der Waals surface area contributed by atoms with Gasteiger partial charge >= 0.3 is 6.03 Å². The standard InChI is InChI=1S/C15H22N4O/c1-17-14(20)19-13(16)12(8-18-19)15-5-9-2-10(6-15)4-11(3-9)7-15/h8-11H,2-7,16H2,1H3,(H,17,20). The Morgan fingerprint density at radius 3 is 2.35 bits per heavy atom. The molecule has 5 heteroatoms. The summed E-state index contributed by atoms with van der Waals surface area (Å²) >= 11 is 0. The van der Waals surface area contributed by atoms with E-state index in [0.29, 0.717) is 5.82 Å². The summed E-state index contributed by atoms with van der Waals surface area (Å²) in [4.78, 5) is 11.8. The average molecular weight is 274 g/mol. The molecule has 4 aliphatic rings. The molecule has 0 radical (unpaired) electrons. The number of aromatic nitrogens is 2. The second kappa shape index (κ2) is 3.99. The zero-order chi connectivity index (χ0) is 13.9. The van der Waals surface area contributed by atoms with Crippen molar-refractivity contribution in [2.24, 2.45) is 17.8 Å². The average Bonchev–Trinajstić information content (AvgIpc) is 2.79. The van der Waals surface area contributed by atoms with Crippen LogP contribution >= 0.6 is 0 Å². The molecule has 108 valence electrons. The molecule has 1 aromatic heterocycles. The normalized spacial score (nSPS) is 38.1. The SMILES string of the molecule is CNC(=O)n1ncc(C23CC4CC(CC(C4)C2)C3)c1N. The molecular formula is C15H22N4O. The highest BCUT2D eigenvalue weighted by atomic mass is 16.2. The zero-order valence-corrected chi connectivity index (χ0v) is 11.9. The van der Waals surface area contributed by atoms with Crippen molar-refractivity contribution in [3.05, 3.63) is 11.8 Å². The van der Waals surface area contributed by atoms with Crippen molar-refractivity contribution >= 4 is 11.8 Å². The molecule has 0 atom stereocenters. The lowest BCUT2D eigenvalue weighted by Crippen LogP contribution is -2.48. The van der Waals surface area contributed by atoms with Gasteiger partial charge in [0.05, 0.1) is 6.20 Å². The predicted molar refractivity (Wildman–Crippen MR) is 76.3 cm³/mol. The molecule has 0 unspecified atom stereocenters. The molecule has 0 saturated heterocycles. The first-order valence-corrected chi connectivity index (χ1v) is 7.67. The topological polar surface area (TPSA) is 72.9 Å². The summed E-state index contributed by atoms with van der Waals surface area (Å²) in [5, 5.41) is 6.81. The van der Waals surface area contributed by atoms with Gasteiger partial charge in [-0.3, -0.25) is 0 Å². The van der Waals surface area contributed by atoms with E-state index in [1.54, 1.807) is 7.05 Å². The predicted octanol–water partition coefficient (Wildman–Crippen LogP) is 2.12. The number of nitrogens with zero attached hydrogens (tertiary/aromatic N) is 2. The minimum Gasteiger partial charge on any atom is -0.383 e. The number of carbonyl (C=O) groups is 1. The van der Waals surface area contributed by atoms with E-state index in [0.717, 1.165) is 23.3 Å². The smallest absolute Gasteiger partial charge is 0.343 e. The summed E-state index contributed by atoms with van der Waals surface area (Å²) in [6.45, 7) is 0. The van der Waals surface area contributed by atoms with Crippen molar-refractivity contribution in [2.45, 2.75) is 43.9 Å². The van der Waals surface area contributed by atoms with Crippen LogP contribution < -0.4 is 11.1 Å². The summed E-state index contributed by atoms with van der Waals surface area (Å²) in [5.41, 5.74) is 7.57. The Morgan fingerprint density at radius 2 is 1.85 bits per heavy atom. The lowest BCUT2D eigenvalue weighted by Gasteiger charge is -2.56. The summed E-state index contributed by atoms with van der Waals surface area (Å²) in [6.07, 6.45) is 9.78. The maximum atomic E-state index is 11.8. The molecule has 3 N–H and O–H groups in total. The number of nitrogen functional groups attached to an aromatic ring is 1. The van der Waals surface area contributed by atoms with E-state index >= 15 is 0 Å². The van der Waals surface area contributed by atoms with E-state index in [1.165, 1.54) is 43.2 Å². The maximum absolute atomic E-state index is 11.8. The summed E-state index contributed by atoms with van der Waals surface area (Å²) in [7, 11) is 1.61. The fraction of sp³-hybridized carbons (Fsp3) is 0.733. The molecule has 0 aliphatic heterocycles. The van der Waals surface area contributed by atoms with Crippen molar-refractivity contribution in [1.82, 2.24) is 15.1 Å². The number of hydrogen-bond acceptors (Lipinski definition) is 3. The van der Waals surface area contributed by atoms with Gasteiger partial charge in [-0.1, -0.05) is 0 Å². The lowest BCUT2D eigenvalue weighted by molar-refractivity contribution is -0.00484. The second-order valence-electron chi connectivity index (χ2n) is 7.11. The minimum atomic E-state index is -0.251. The molecule has 1 heterocycles. The lowest BCUT2D eigenvalue weighted by atomic mass is 9.48. The first kappa shape index (κ1) is 12.2. The Labute approximate surface area is 118 Å². The van der Waals surface area contributed by atoms with Gasteiger partial charge in [0.2, 0.25) is 0 Å². The van der Waals surface area contributed by atoms with Gasteiger partial charge in [-0.05, 0) is 56.3 Å². The number of nitrogens with two attached hydrogens (primary N) is 1. The van der Waals surface area contributed by atoms with E-state index in [2.05, 4.69) is 10.4 Å². The van der Waals surface area contributed by atoms with Crippen LogP contribution in [-0.2, 0) is 5.41 Å². The molecule has 20 heavy (non-hydrogen) atoms. The molecular weight excluding hydrogens is 252 g/mol. The number of rotatable bonds is 1. The number of carbonyl (C=O) groups excluding carboxylic acids is 1. The zero-order valence-electron chi connectivity index (χ0n) is 11.9. The molecule has 0 spiro atoms. The van der Waals surface area contributed by atoms with Crippen molar-refractivity contribution in [3.8, 4) is 0 Å². The highest BCUT2D eigenvalue weighted by Gasteiger charge is 2.52. The fourth-order valence-electron chi connectivity index (χ4n) is 5.47. The van der Waals surface area contributed by atoms with Gasteiger partial charge < -0.3 is 11.1 Å². The Morgan fingerprint density at radius 1 is 1.30 bits per heavy atom. The van der Waals surface area contributed by atoms with Gasteiger partial charge in [0.25, 0.3) is 0 Å². The number of nitrogens with one attached hydrogen (secondary N) is 1. The molecule has 1 aromatic rings. The minimum absolute atomic E-state index is 0.200. The first-order valence-electron chi connectivity index (χ1n) is 7.67. The number of amides is 1. The van der Waals surface area contributed by atoms with Gasteiger partial charge in [-0.2, -0.15) is 9.78 Å². The van der Waals surface area contributed by atoms with E-state index in [9.17, 15) is 4.79 Å². The van der Waals surface area contributed by atoms with Crippen LogP contribution in [0.4, 0.5) is 10.6 Å². The Balaban J connectivity index is 1.74.